The summed E-state index contributed by atoms with van der Waals surface area (Å²) >= 11 is 1.88. The third kappa shape index (κ3) is 2.28. The van der Waals surface area contributed by atoms with Crippen molar-refractivity contribution < 1.29 is 4.42 Å². The summed E-state index contributed by atoms with van der Waals surface area (Å²) in [4.78, 5) is 0. The van der Waals surface area contributed by atoms with E-state index in [4.69, 9.17) is 10.2 Å². The fraction of sp³-hybridized carbons (Fsp3) is 0.385. The van der Waals surface area contributed by atoms with E-state index in [1.807, 2.05) is 42.1 Å². The first kappa shape index (κ1) is 11.7. The number of thioether (sulfide) groups is 1. The number of hydrogen-bond donors (Lipinski definition) is 1. The van der Waals surface area contributed by atoms with Gasteiger partial charge in [0.1, 0.15) is 6.04 Å². The van der Waals surface area contributed by atoms with Crippen molar-refractivity contribution in [2.75, 3.05) is 5.75 Å². The van der Waals surface area contributed by atoms with Crippen molar-refractivity contribution >= 4 is 11.8 Å². The molecular weight excluding hydrogens is 246 g/mol. The zero-order chi connectivity index (χ0) is 12.4. The van der Waals surface area contributed by atoms with Crippen molar-refractivity contribution in [1.29, 1.82) is 0 Å². The average molecular weight is 261 g/mol. The van der Waals surface area contributed by atoms with Crippen LogP contribution in [-0.2, 0) is 0 Å². The van der Waals surface area contributed by atoms with Crippen LogP contribution in [0.25, 0.3) is 0 Å². The number of rotatable bonds is 3. The van der Waals surface area contributed by atoms with Gasteiger partial charge in [0.2, 0.25) is 11.8 Å². The second-order valence-electron chi connectivity index (χ2n) is 4.37. The SMILES string of the molecule is NC(c1ccccc1)c1nnc(C2CCCS2)o1. The molecule has 2 N–H and O–H groups in total. The molecule has 94 valence electrons. The van der Waals surface area contributed by atoms with Crippen molar-refractivity contribution in [3.8, 4) is 0 Å². The topological polar surface area (TPSA) is 64.9 Å². The van der Waals surface area contributed by atoms with Gasteiger partial charge in [-0.2, -0.15) is 0 Å². The Bertz CT molecular complexity index is 508. The molecule has 2 unspecified atom stereocenters. The number of nitrogens with zero attached hydrogens (tertiary/aromatic N) is 2. The molecule has 0 amide bonds. The average Bonchev–Trinajstić information content (AvgIpc) is 3.09. The van der Waals surface area contributed by atoms with Crippen LogP contribution in [0.5, 0.6) is 0 Å². The Kier molecular flexibility index (Phi) is 3.34. The monoisotopic (exact) mass is 261 g/mol. The van der Waals surface area contributed by atoms with E-state index in [1.54, 1.807) is 0 Å². The van der Waals surface area contributed by atoms with Crippen molar-refractivity contribution in [3.63, 3.8) is 0 Å². The van der Waals surface area contributed by atoms with Crippen LogP contribution in [0, 0.1) is 0 Å². The van der Waals surface area contributed by atoms with Crippen molar-refractivity contribution in [2.24, 2.45) is 5.73 Å². The molecule has 1 fully saturated rings. The Balaban J connectivity index is 1.80. The van der Waals surface area contributed by atoms with Crippen molar-refractivity contribution in [2.45, 2.75) is 24.1 Å². The number of aromatic nitrogens is 2. The number of nitrogens with two attached hydrogens (primary N) is 1. The van der Waals surface area contributed by atoms with E-state index in [9.17, 15) is 0 Å². The highest BCUT2D eigenvalue weighted by Crippen LogP contribution is 2.39. The lowest BCUT2D eigenvalue weighted by Gasteiger charge is -2.06. The lowest BCUT2D eigenvalue weighted by molar-refractivity contribution is 0.429. The molecule has 1 aliphatic heterocycles. The van der Waals surface area contributed by atoms with Crippen LogP contribution in [0.2, 0.25) is 0 Å². The van der Waals surface area contributed by atoms with Crippen LogP contribution < -0.4 is 5.73 Å². The minimum atomic E-state index is -0.334. The Hall–Kier alpha value is -1.33. The summed E-state index contributed by atoms with van der Waals surface area (Å²) in [6.07, 6.45) is 2.34. The van der Waals surface area contributed by atoms with E-state index >= 15 is 0 Å². The van der Waals surface area contributed by atoms with Gasteiger partial charge in [0.05, 0.1) is 5.25 Å². The van der Waals surface area contributed by atoms with Gasteiger partial charge >= 0.3 is 0 Å². The van der Waals surface area contributed by atoms with Gasteiger partial charge in [-0.1, -0.05) is 30.3 Å². The van der Waals surface area contributed by atoms with Gasteiger partial charge in [-0.3, -0.25) is 0 Å². The maximum absolute atomic E-state index is 6.13. The van der Waals surface area contributed by atoms with Gasteiger partial charge in [0.25, 0.3) is 0 Å². The molecule has 2 atom stereocenters. The minimum absolute atomic E-state index is 0.334. The van der Waals surface area contributed by atoms with Gasteiger partial charge in [0, 0.05) is 0 Å². The molecule has 1 aliphatic rings. The fourth-order valence-electron chi connectivity index (χ4n) is 2.08. The Morgan fingerprint density at radius 2 is 2.11 bits per heavy atom. The Labute approximate surface area is 110 Å². The van der Waals surface area contributed by atoms with E-state index in [0.717, 1.165) is 17.9 Å². The first-order chi connectivity index (χ1) is 8.84. The van der Waals surface area contributed by atoms with Gasteiger partial charge in [0.15, 0.2) is 0 Å². The molecule has 1 aromatic carbocycles. The molecule has 5 heteroatoms. The third-order valence-electron chi connectivity index (χ3n) is 3.09. The van der Waals surface area contributed by atoms with Crippen LogP contribution in [0.3, 0.4) is 0 Å². The highest BCUT2D eigenvalue weighted by atomic mass is 32.2. The Morgan fingerprint density at radius 1 is 1.28 bits per heavy atom. The second-order valence-corrected chi connectivity index (χ2v) is 5.68. The Morgan fingerprint density at radius 3 is 2.83 bits per heavy atom. The van der Waals surface area contributed by atoms with Crippen LogP contribution in [0.15, 0.2) is 34.7 Å². The molecule has 3 rings (SSSR count). The summed E-state index contributed by atoms with van der Waals surface area (Å²) in [6, 6.07) is 9.49. The first-order valence-electron chi connectivity index (χ1n) is 6.10. The smallest absolute Gasteiger partial charge is 0.237 e. The predicted molar refractivity (Wildman–Crippen MR) is 71.2 cm³/mol. The first-order valence-corrected chi connectivity index (χ1v) is 7.15. The minimum Gasteiger partial charge on any atom is -0.422 e. The van der Waals surface area contributed by atoms with Crippen LogP contribution >= 0.6 is 11.8 Å². The molecule has 0 aliphatic carbocycles. The highest BCUT2D eigenvalue weighted by molar-refractivity contribution is 7.99. The summed E-state index contributed by atoms with van der Waals surface area (Å²) in [7, 11) is 0. The van der Waals surface area contributed by atoms with E-state index in [2.05, 4.69) is 10.2 Å². The number of hydrogen-bond acceptors (Lipinski definition) is 5. The molecule has 0 radical (unpaired) electrons. The molecular formula is C13H15N3OS. The molecule has 0 saturated carbocycles. The summed E-state index contributed by atoms with van der Waals surface area (Å²) in [5.74, 6) is 2.40. The zero-order valence-electron chi connectivity index (χ0n) is 9.95. The molecule has 0 spiro atoms. The van der Waals surface area contributed by atoms with Gasteiger partial charge in [-0.25, -0.2) is 0 Å². The normalized spacial score (nSPS) is 21.1. The molecule has 0 bridgehead atoms. The number of benzene rings is 1. The molecule has 18 heavy (non-hydrogen) atoms. The lowest BCUT2D eigenvalue weighted by atomic mass is 10.1. The molecule has 2 aromatic rings. The van der Waals surface area contributed by atoms with E-state index in [-0.39, 0.29) is 6.04 Å². The predicted octanol–water partition coefficient (Wildman–Crippen LogP) is 2.69. The van der Waals surface area contributed by atoms with Crippen molar-refractivity contribution in [1.82, 2.24) is 10.2 Å². The summed E-state index contributed by atoms with van der Waals surface area (Å²) in [5, 5.41) is 8.57. The highest BCUT2D eigenvalue weighted by Gasteiger charge is 2.25. The maximum atomic E-state index is 6.13. The van der Waals surface area contributed by atoms with Gasteiger partial charge in [-0.15, -0.1) is 22.0 Å². The third-order valence-corrected chi connectivity index (χ3v) is 4.45. The largest absolute Gasteiger partial charge is 0.422 e. The van der Waals surface area contributed by atoms with Crippen molar-refractivity contribution in [3.05, 3.63) is 47.7 Å². The van der Waals surface area contributed by atoms with Crippen LogP contribution in [-0.4, -0.2) is 16.0 Å². The quantitative estimate of drug-likeness (QED) is 0.920. The maximum Gasteiger partial charge on any atom is 0.237 e. The molecule has 1 aromatic heterocycles. The van der Waals surface area contributed by atoms with Gasteiger partial charge < -0.3 is 10.2 Å². The fourth-order valence-corrected chi connectivity index (χ4v) is 3.27. The summed E-state index contributed by atoms with van der Waals surface area (Å²) in [5.41, 5.74) is 7.12. The van der Waals surface area contributed by atoms with E-state index in [0.29, 0.717) is 11.1 Å². The van der Waals surface area contributed by atoms with E-state index in [1.165, 1.54) is 12.2 Å². The molecule has 4 nitrogen and oxygen atoms in total. The summed E-state index contributed by atoms with van der Waals surface area (Å²) in [6.45, 7) is 0. The summed E-state index contributed by atoms with van der Waals surface area (Å²) < 4.78 is 5.72. The molecule has 2 heterocycles. The van der Waals surface area contributed by atoms with Crippen LogP contribution in [0.4, 0.5) is 0 Å². The lowest BCUT2D eigenvalue weighted by Crippen LogP contribution is -2.11. The van der Waals surface area contributed by atoms with Crippen LogP contribution in [0.1, 0.15) is 41.5 Å². The van der Waals surface area contributed by atoms with E-state index < -0.39 is 0 Å². The molecule has 1 saturated heterocycles. The second kappa shape index (κ2) is 5.12. The standard InChI is InChI=1S/C13H15N3OS/c14-11(9-5-2-1-3-6-9)13-16-15-12(17-13)10-7-4-8-18-10/h1-3,5-6,10-11H,4,7-8,14H2. The van der Waals surface area contributed by atoms with Gasteiger partial charge in [-0.05, 0) is 24.2 Å². The zero-order valence-corrected chi connectivity index (χ0v) is 10.8.